The molecule has 2 aliphatic heterocycles. The van der Waals surface area contributed by atoms with Gasteiger partial charge >= 0.3 is 0 Å². The van der Waals surface area contributed by atoms with Gasteiger partial charge in [0.15, 0.2) is 17.6 Å². The SMILES string of the molecule is COc1cc(/C=C2\SC(=O)N(CCNC(=O)C3Cc4ccccc4O3)C2=O)cc(OC)c1OC. The molecule has 0 aliphatic carbocycles. The molecule has 1 atom stereocenters. The number of para-hydroxylation sites is 1. The van der Waals surface area contributed by atoms with E-state index >= 15 is 0 Å². The van der Waals surface area contributed by atoms with Gasteiger partial charge in [0.2, 0.25) is 5.75 Å². The Labute approximate surface area is 201 Å². The first-order valence-electron chi connectivity index (χ1n) is 10.5. The number of nitrogens with zero attached hydrogens (tertiary/aromatic N) is 1. The van der Waals surface area contributed by atoms with Crippen molar-refractivity contribution >= 4 is 34.9 Å². The molecule has 4 rings (SSSR count). The monoisotopic (exact) mass is 484 g/mol. The van der Waals surface area contributed by atoms with E-state index in [1.54, 1.807) is 18.2 Å². The van der Waals surface area contributed by atoms with Gasteiger partial charge in [0, 0.05) is 19.5 Å². The minimum Gasteiger partial charge on any atom is -0.493 e. The van der Waals surface area contributed by atoms with Crippen LogP contribution in [-0.4, -0.2) is 62.5 Å². The molecule has 34 heavy (non-hydrogen) atoms. The number of fused-ring (bicyclic) bond motifs is 1. The van der Waals surface area contributed by atoms with Gasteiger partial charge in [-0.3, -0.25) is 19.3 Å². The van der Waals surface area contributed by atoms with Crippen LogP contribution in [0, 0.1) is 0 Å². The molecular formula is C24H24N2O7S. The lowest BCUT2D eigenvalue weighted by molar-refractivity contribution is -0.128. The molecule has 10 heteroatoms. The standard InChI is InChI=1S/C24H24N2O7S/c1-30-17-10-14(11-18(31-2)21(17)32-3)12-20-23(28)26(24(29)34-20)9-8-25-22(27)19-13-15-6-4-5-7-16(15)33-19/h4-7,10-12,19H,8-9,13H2,1-3H3,(H,25,27)/b20-12-. The number of ether oxygens (including phenoxy) is 4. The second-order valence-electron chi connectivity index (χ2n) is 7.50. The van der Waals surface area contributed by atoms with Crippen LogP contribution in [0.15, 0.2) is 41.3 Å². The molecule has 0 radical (unpaired) electrons. The molecule has 0 spiro atoms. The van der Waals surface area contributed by atoms with Crippen molar-refractivity contribution < 1.29 is 33.3 Å². The number of carbonyl (C=O) groups excluding carboxylic acids is 3. The Bertz CT molecular complexity index is 1110. The predicted octanol–water partition coefficient (Wildman–Crippen LogP) is 2.87. The van der Waals surface area contributed by atoms with Crippen LogP contribution < -0.4 is 24.3 Å². The summed E-state index contributed by atoms with van der Waals surface area (Å²) in [5.74, 6) is 1.29. The summed E-state index contributed by atoms with van der Waals surface area (Å²) in [5.41, 5.74) is 1.59. The molecule has 0 aromatic heterocycles. The second-order valence-corrected chi connectivity index (χ2v) is 8.49. The van der Waals surface area contributed by atoms with Gasteiger partial charge in [0.1, 0.15) is 5.75 Å². The fraction of sp³-hybridized carbons (Fsp3) is 0.292. The molecular weight excluding hydrogens is 460 g/mol. The number of thioether (sulfide) groups is 1. The zero-order chi connectivity index (χ0) is 24.2. The predicted molar refractivity (Wildman–Crippen MR) is 126 cm³/mol. The van der Waals surface area contributed by atoms with Gasteiger partial charge in [-0.15, -0.1) is 0 Å². The molecule has 1 unspecified atom stereocenters. The van der Waals surface area contributed by atoms with Gasteiger partial charge < -0.3 is 24.3 Å². The molecule has 9 nitrogen and oxygen atoms in total. The van der Waals surface area contributed by atoms with E-state index in [0.29, 0.717) is 35.0 Å². The quantitative estimate of drug-likeness (QED) is 0.571. The van der Waals surface area contributed by atoms with Crippen LogP contribution in [0.2, 0.25) is 0 Å². The molecule has 0 bridgehead atoms. The minimum absolute atomic E-state index is 0.0582. The van der Waals surface area contributed by atoms with Crippen molar-refractivity contribution in [2.45, 2.75) is 12.5 Å². The topological polar surface area (TPSA) is 103 Å². The summed E-state index contributed by atoms with van der Waals surface area (Å²) in [5, 5.41) is 2.35. The first-order chi connectivity index (χ1) is 16.4. The van der Waals surface area contributed by atoms with Crippen molar-refractivity contribution in [2.24, 2.45) is 0 Å². The summed E-state index contributed by atoms with van der Waals surface area (Å²) >= 11 is 0.838. The smallest absolute Gasteiger partial charge is 0.293 e. The Hall–Kier alpha value is -3.66. The van der Waals surface area contributed by atoms with Crippen LogP contribution in [0.5, 0.6) is 23.0 Å². The summed E-state index contributed by atoms with van der Waals surface area (Å²) < 4.78 is 21.7. The molecule has 1 fully saturated rings. The Balaban J connectivity index is 1.38. The zero-order valence-corrected chi connectivity index (χ0v) is 19.8. The normalized spacial score (nSPS) is 18.0. The fourth-order valence-corrected chi connectivity index (χ4v) is 4.63. The summed E-state index contributed by atoms with van der Waals surface area (Å²) in [6.07, 6.45) is 1.46. The lowest BCUT2D eigenvalue weighted by Gasteiger charge is -2.15. The van der Waals surface area contributed by atoms with Crippen LogP contribution in [0.25, 0.3) is 6.08 Å². The minimum atomic E-state index is -0.618. The molecule has 178 valence electrons. The number of carbonyl (C=O) groups is 3. The number of imide groups is 1. The second kappa shape index (κ2) is 10.1. The Morgan fingerprint density at radius 3 is 2.50 bits per heavy atom. The van der Waals surface area contributed by atoms with Crippen molar-refractivity contribution in [1.29, 1.82) is 0 Å². The van der Waals surface area contributed by atoms with E-state index in [-0.39, 0.29) is 23.9 Å². The van der Waals surface area contributed by atoms with Gasteiger partial charge in [-0.1, -0.05) is 18.2 Å². The van der Waals surface area contributed by atoms with Crippen LogP contribution in [0.1, 0.15) is 11.1 Å². The van der Waals surface area contributed by atoms with Gasteiger partial charge in [-0.05, 0) is 47.2 Å². The number of benzene rings is 2. The Morgan fingerprint density at radius 2 is 1.85 bits per heavy atom. The lowest BCUT2D eigenvalue weighted by Crippen LogP contribution is -2.42. The average molecular weight is 485 g/mol. The van der Waals surface area contributed by atoms with E-state index in [9.17, 15) is 14.4 Å². The van der Waals surface area contributed by atoms with Crippen molar-refractivity contribution in [3.63, 3.8) is 0 Å². The number of nitrogens with one attached hydrogen (secondary N) is 1. The molecule has 2 aliphatic rings. The zero-order valence-electron chi connectivity index (χ0n) is 19.0. The molecule has 1 saturated heterocycles. The van der Waals surface area contributed by atoms with Gasteiger partial charge in [0.05, 0.1) is 26.2 Å². The van der Waals surface area contributed by atoms with E-state index in [0.717, 1.165) is 22.2 Å². The summed E-state index contributed by atoms with van der Waals surface area (Å²) in [6, 6.07) is 10.9. The van der Waals surface area contributed by atoms with E-state index < -0.39 is 17.3 Å². The van der Waals surface area contributed by atoms with Gasteiger partial charge in [-0.2, -0.15) is 0 Å². The highest BCUT2D eigenvalue weighted by Crippen LogP contribution is 2.40. The maximum atomic E-state index is 12.8. The highest BCUT2D eigenvalue weighted by Gasteiger charge is 2.35. The van der Waals surface area contributed by atoms with E-state index in [1.165, 1.54) is 21.3 Å². The van der Waals surface area contributed by atoms with E-state index in [1.807, 2.05) is 24.3 Å². The maximum absolute atomic E-state index is 12.8. The van der Waals surface area contributed by atoms with Crippen LogP contribution in [0.4, 0.5) is 4.79 Å². The fourth-order valence-electron chi connectivity index (χ4n) is 3.76. The van der Waals surface area contributed by atoms with E-state index in [4.69, 9.17) is 18.9 Å². The first-order valence-corrected chi connectivity index (χ1v) is 11.3. The van der Waals surface area contributed by atoms with Crippen molar-refractivity contribution in [1.82, 2.24) is 10.2 Å². The highest BCUT2D eigenvalue weighted by molar-refractivity contribution is 8.18. The Kier molecular flexibility index (Phi) is 6.97. The third-order valence-electron chi connectivity index (χ3n) is 5.43. The first kappa shape index (κ1) is 23.5. The lowest BCUT2D eigenvalue weighted by atomic mass is 10.1. The van der Waals surface area contributed by atoms with Gasteiger partial charge in [0.25, 0.3) is 17.1 Å². The van der Waals surface area contributed by atoms with Crippen molar-refractivity contribution in [2.75, 3.05) is 34.4 Å². The average Bonchev–Trinajstić information content (AvgIpc) is 3.39. The number of amides is 3. The highest BCUT2D eigenvalue weighted by atomic mass is 32.2. The molecule has 2 aromatic rings. The number of methoxy groups -OCH3 is 3. The molecule has 2 heterocycles. The van der Waals surface area contributed by atoms with Crippen LogP contribution in [-0.2, 0) is 16.0 Å². The maximum Gasteiger partial charge on any atom is 0.293 e. The molecule has 3 amide bonds. The number of rotatable bonds is 8. The largest absolute Gasteiger partial charge is 0.493 e. The number of hydrogen-bond acceptors (Lipinski definition) is 8. The molecule has 1 N–H and O–H groups in total. The van der Waals surface area contributed by atoms with Crippen LogP contribution >= 0.6 is 11.8 Å². The third kappa shape index (κ3) is 4.67. The van der Waals surface area contributed by atoms with E-state index in [2.05, 4.69) is 5.32 Å². The van der Waals surface area contributed by atoms with Crippen molar-refractivity contribution in [3.8, 4) is 23.0 Å². The molecule has 0 saturated carbocycles. The summed E-state index contributed by atoms with van der Waals surface area (Å²) in [7, 11) is 4.50. The Morgan fingerprint density at radius 1 is 1.15 bits per heavy atom. The van der Waals surface area contributed by atoms with Crippen LogP contribution in [0.3, 0.4) is 0 Å². The summed E-state index contributed by atoms with van der Waals surface area (Å²) in [4.78, 5) is 39.1. The van der Waals surface area contributed by atoms with Crippen molar-refractivity contribution in [3.05, 3.63) is 52.4 Å². The number of hydrogen-bond donors (Lipinski definition) is 1. The van der Waals surface area contributed by atoms with Gasteiger partial charge in [-0.25, -0.2) is 0 Å². The third-order valence-corrected chi connectivity index (χ3v) is 6.34. The molecule has 2 aromatic carbocycles. The summed E-state index contributed by atoms with van der Waals surface area (Å²) in [6.45, 7) is 0.188.